The van der Waals surface area contributed by atoms with Gasteiger partial charge in [0.2, 0.25) is 0 Å². The molecule has 17 heavy (non-hydrogen) atoms. The van der Waals surface area contributed by atoms with E-state index in [-0.39, 0.29) is 12.1 Å². The highest BCUT2D eigenvalue weighted by atomic mass is 16.5. The zero-order chi connectivity index (χ0) is 12.9. The molecule has 0 saturated heterocycles. The maximum Gasteiger partial charge on any atom is 0.302 e. The van der Waals surface area contributed by atoms with Gasteiger partial charge in [-0.1, -0.05) is 38.3 Å². The molecule has 1 N–H and O–H groups in total. The summed E-state index contributed by atoms with van der Waals surface area (Å²) in [4.78, 5) is 10.5. The first-order chi connectivity index (χ1) is 8.16. The van der Waals surface area contributed by atoms with E-state index in [0.717, 1.165) is 25.7 Å². The standard InChI is InChI=1S/C14H26O3/c1-3-14(16)11-9-7-5-4-6-8-10-12-17-13(2)15/h9,11,14,16H,3-8,10,12H2,1-2H3/b11-9-. The van der Waals surface area contributed by atoms with Crippen LogP contribution in [0.3, 0.4) is 0 Å². The third kappa shape index (κ3) is 13.1. The predicted octanol–water partition coefficient (Wildman–Crippen LogP) is 3.22. The van der Waals surface area contributed by atoms with E-state index in [1.807, 2.05) is 13.0 Å². The number of esters is 1. The van der Waals surface area contributed by atoms with Gasteiger partial charge >= 0.3 is 5.97 Å². The highest BCUT2D eigenvalue weighted by Crippen LogP contribution is 2.06. The molecule has 0 spiro atoms. The van der Waals surface area contributed by atoms with Crippen LogP contribution in [-0.2, 0) is 9.53 Å². The first kappa shape index (κ1) is 16.2. The summed E-state index contributed by atoms with van der Waals surface area (Å²) in [6.07, 6.45) is 11.1. The van der Waals surface area contributed by atoms with Crippen LogP contribution in [-0.4, -0.2) is 23.8 Å². The van der Waals surface area contributed by atoms with Crippen LogP contribution in [0.4, 0.5) is 0 Å². The summed E-state index contributed by atoms with van der Waals surface area (Å²) in [5.41, 5.74) is 0. The van der Waals surface area contributed by atoms with Crippen LogP contribution >= 0.6 is 0 Å². The number of unbranched alkanes of at least 4 members (excludes halogenated alkanes) is 5. The van der Waals surface area contributed by atoms with Gasteiger partial charge in [-0.3, -0.25) is 4.79 Å². The minimum atomic E-state index is -0.279. The average Bonchev–Trinajstić information content (AvgIpc) is 2.30. The lowest BCUT2D eigenvalue weighted by Gasteiger charge is -2.02. The second-order valence-corrected chi connectivity index (χ2v) is 4.30. The summed E-state index contributed by atoms with van der Waals surface area (Å²) < 4.78 is 4.85. The Bertz CT molecular complexity index is 212. The number of hydrogen-bond donors (Lipinski definition) is 1. The SMILES string of the molecule is CCC(O)/C=C\CCCCCCCOC(C)=O. The van der Waals surface area contributed by atoms with E-state index in [4.69, 9.17) is 4.74 Å². The maximum atomic E-state index is 10.5. The molecule has 0 aromatic heterocycles. The molecule has 0 aromatic rings. The largest absolute Gasteiger partial charge is 0.466 e. The Morgan fingerprint density at radius 3 is 2.53 bits per heavy atom. The summed E-state index contributed by atoms with van der Waals surface area (Å²) in [5, 5.41) is 9.27. The van der Waals surface area contributed by atoms with Crippen molar-refractivity contribution in [3.05, 3.63) is 12.2 Å². The van der Waals surface area contributed by atoms with E-state index < -0.39 is 0 Å². The molecular weight excluding hydrogens is 216 g/mol. The molecule has 1 atom stereocenters. The van der Waals surface area contributed by atoms with Crippen LogP contribution in [0.25, 0.3) is 0 Å². The van der Waals surface area contributed by atoms with E-state index in [0.29, 0.717) is 6.61 Å². The van der Waals surface area contributed by atoms with E-state index in [9.17, 15) is 9.90 Å². The molecule has 0 aliphatic carbocycles. The Morgan fingerprint density at radius 1 is 1.24 bits per heavy atom. The fraction of sp³-hybridized carbons (Fsp3) is 0.786. The van der Waals surface area contributed by atoms with Crippen molar-refractivity contribution in [3.63, 3.8) is 0 Å². The lowest BCUT2D eigenvalue weighted by molar-refractivity contribution is -0.141. The van der Waals surface area contributed by atoms with E-state index in [1.54, 1.807) is 0 Å². The molecule has 0 radical (unpaired) electrons. The molecule has 1 unspecified atom stereocenters. The number of rotatable bonds is 10. The van der Waals surface area contributed by atoms with E-state index >= 15 is 0 Å². The molecule has 0 fully saturated rings. The van der Waals surface area contributed by atoms with Crippen LogP contribution < -0.4 is 0 Å². The Kier molecular flexibility index (Phi) is 11.1. The molecule has 0 aromatic carbocycles. The van der Waals surface area contributed by atoms with Gasteiger partial charge in [0.25, 0.3) is 0 Å². The van der Waals surface area contributed by atoms with Gasteiger partial charge in [-0.05, 0) is 25.7 Å². The number of hydrogen-bond acceptors (Lipinski definition) is 3. The molecule has 3 nitrogen and oxygen atoms in total. The molecule has 0 amide bonds. The van der Waals surface area contributed by atoms with Gasteiger partial charge in [0.1, 0.15) is 0 Å². The number of carbonyl (C=O) groups is 1. The quantitative estimate of drug-likeness (QED) is 0.363. The van der Waals surface area contributed by atoms with Crippen LogP contribution in [0, 0.1) is 0 Å². The Balaban J connectivity index is 3.13. The normalized spacial score (nSPS) is 12.9. The van der Waals surface area contributed by atoms with Crippen molar-refractivity contribution >= 4 is 5.97 Å². The Morgan fingerprint density at radius 2 is 1.88 bits per heavy atom. The summed E-state index contributed by atoms with van der Waals surface area (Å²) in [7, 11) is 0. The smallest absolute Gasteiger partial charge is 0.302 e. The fourth-order valence-corrected chi connectivity index (χ4v) is 1.50. The number of allylic oxidation sites excluding steroid dienone is 1. The lowest BCUT2D eigenvalue weighted by atomic mass is 10.1. The first-order valence-corrected chi connectivity index (χ1v) is 6.65. The van der Waals surface area contributed by atoms with Gasteiger partial charge < -0.3 is 9.84 Å². The van der Waals surface area contributed by atoms with Gasteiger partial charge in [0.05, 0.1) is 12.7 Å². The van der Waals surface area contributed by atoms with E-state index in [1.165, 1.54) is 26.2 Å². The Hall–Kier alpha value is -0.830. The topological polar surface area (TPSA) is 46.5 Å². The first-order valence-electron chi connectivity index (χ1n) is 6.65. The predicted molar refractivity (Wildman–Crippen MR) is 69.8 cm³/mol. The summed E-state index contributed by atoms with van der Waals surface area (Å²) >= 11 is 0. The lowest BCUT2D eigenvalue weighted by Crippen LogP contribution is -2.00. The van der Waals surface area contributed by atoms with Crippen LogP contribution in [0.1, 0.15) is 58.8 Å². The highest BCUT2D eigenvalue weighted by Gasteiger charge is 1.94. The molecule has 0 heterocycles. The molecule has 0 saturated carbocycles. The third-order valence-electron chi connectivity index (χ3n) is 2.60. The third-order valence-corrected chi connectivity index (χ3v) is 2.60. The molecule has 100 valence electrons. The van der Waals surface area contributed by atoms with E-state index in [2.05, 4.69) is 6.08 Å². The molecule has 0 aliphatic rings. The summed E-state index contributed by atoms with van der Waals surface area (Å²) in [6, 6.07) is 0. The molecule has 0 aliphatic heterocycles. The van der Waals surface area contributed by atoms with Gasteiger partial charge in [0.15, 0.2) is 0 Å². The van der Waals surface area contributed by atoms with Gasteiger partial charge in [-0.15, -0.1) is 0 Å². The van der Waals surface area contributed by atoms with Crippen molar-refractivity contribution in [2.45, 2.75) is 64.9 Å². The monoisotopic (exact) mass is 242 g/mol. The highest BCUT2D eigenvalue weighted by molar-refractivity contribution is 5.65. The molecule has 3 heteroatoms. The minimum absolute atomic E-state index is 0.190. The van der Waals surface area contributed by atoms with Crippen molar-refractivity contribution < 1.29 is 14.6 Å². The van der Waals surface area contributed by atoms with Crippen molar-refractivity contribution in [3.8, 4) is 0 Å². The zero-order valence-electron chi connectivity index (χ0n) is 11.2. The fourth-order valence-electron chi connectivity index (χ4n) is 1.50. The second-order valence-electron chi connectivity index (χ2n) is 4.30. The Labute approximate surface area is 105 Å². The maximum absolute atomic E-state index is 10.5. The minimum Gasteiger partial charge on any atom is -0.466 e. The summed E-state index contributed by atoms with van der Waals surface area (Å²) in [5.74, 6) is -0.190. The number of aliphatic hydroxyl groups excluding tert-OH is 1. The van der Waals surface area contributed by atoms with Gasteiger partial charge in [-0.25, -0.2) is 0 Å². The van der Waals surface area contributed by atoms with Crippen molar-refractivity contribution in [2.24, 2.45) is 0 Å². The molecular formula is C14H26O3. The zero-order valence-corrected chi connectivity index (χ0v) is 11.2. The number of aliphatic hydroxyl groups is 1. The summed E-state index contributed by atoms with van der Waals surface area (Å²) in [6.45, 7) is 3.97. The van der Waals surface area contributed by atoms with Gasteiger partial charge in [0, 0.05) is 6.92 Å². The van der Waals surface area contributed by atoms with Crippen molar-refractivity contribution in [2.75, 3.05) is 6.61 Å². The van der Waals surface area contributed by atoms with Crippen LogP contribution in [0.2, 0.25) is 0 Å². The van der Waals surface area contributed by atoms with Crippen molar-refractivity contribution in [1.82, 2.24) is 0 Å². The average molecular weight is 242 g/mol. The number of carbonyl (C=O) groups excluding carboxylic acids is 1. The van der Waals surface area contributed by atoms with Gasteiger partial charge in [-0.2, -0.15) is 0 Å². The second kappa shape index (κ2) is 11.6. The van der Waals surface area contributed by atoms with Crippen LogP contribution in [0.5, 0.6) is 0 Å². The van der Waals surface area contributed by atoms with Crippen molar-refractivity contribution in [1.29, 1.82) is 0 Å². The number of ether oxygens (including phenoxy) is 1. The molecule has 0 bridgehead atoms. The van der Waals surface area contributed by atoms with Crippen LogP contribution in [0.15, 0.2) is 12.2 Å². The molecule has 0 rings (SSSR count).